The van der Waals surface area contributed by atoms with Gasteiger partial charge in [0.1, 0.15) is 0 Å². The molecule has 1 atom stereocenters. The van der Waals surface area contributed by atoms with Crippen LogP contribution >= 0.6 is 0 Å². The zero-order valence-corrected chi connectivity index (χ0v) is 8.61. The van der Waals surface area contributed by atoms with Crippen LogP contribution in [0.1, 0.15) is 10.4 Å². The molecule has 1 aromatic rings. The second-order valence-electron chi connectivity index (χ2n) is 3.30. The first-order chi connectivity index (χ1) is 8.16. The Labute approximate surface area is 95.8 Å². The lowest BCUT2D eigenvalue weighted by Gasteiger charge is -2.07. The highest BCUT2D eigenvalue weighted by atomic mass is 16.7. The van der Waals surface area contributed by atoms with Crippen molar-refractivity contribution in [3.63, 3.8) is 0 Å². The minimum Gasteiger partial charge on any atom is -0.449 e. The van der Waals surface area contributed by atoms with Crippen LogP contribution < -0.4 is 0 Å². The lowest BCUT2D eigenvalue weighted by Crippen LogP contribution is -2.20. The zero-order valence-electron chi connectivity index (χ0n) is 8.61. The molecular weight excluding hydrogens is 228 g/mol. The van der Waals surface area contributed by atoms with Crippen molar-refractivity contribution in [2.45, 2.75) is 6.10 Å². The normalized spacial score (nSPS) is 17.5. The SMILES string of the molecule is O=C(OC1C=NOC1)c1ccc([N+](=O)[O-])cc1. The highest BCUT2D eigenvalue weighted by Crippen LogP contribution is 2.13. The van der Waals surface area contributed by atoms with Gasteiger partial charge in [-0.3, -0.25) is 10.1 Å². The average molecular weight is 236 g/mol. The fourth-order valence-electron chi connectivity index (χ4n) is 1.26. The second-order valence-corrected chi connectivity index (χ2v) is 3.30. The van der Waals surface area contributed by atoms with E-state index < -0.39 is 17.0 Å². The minimum absolute atomic E-state index is 0.0766. The third kappa shape index (κ3) is 2.57. The summed E-state index contributed by atoms with van der Waals surface area (Å²) in [5.41, 5.74) is 0.170. The van der Waals surface area contributed by atoms with Crippen LogP contribution in [-0.4, -0.2) is 29.8 Å². The van der Waals surface area contributed by atoms with Gasteiger partial charge in [-0.15, -0.1) is 0 Å². The summed E-state index contributed by atoms with van der Waals surface area (Å²) in [6.07, 6.45) is 0.876. The molecule has 1 aliphatic heterocycles. The van der Waals surface area contributed by atoms with Crippen LogP contribution in [0, 0.1) is 10.1 Å². The Morgan fingerprint density at radius 1 is 1.47 bits per heavy atom. The molecule has 88 valence electrons. The van der Waals surface area contributed by atoms with Gasteiger partial charge in [-0.1, -0.05) is 5.16 Å². The molecule has 0 N–H and O–H groups in total. The van der Waals surface area contributed by atoms with Crippen LogP contribution in [0.2, 0.25) is 0 Å². The Balaban J connectivity index is 2.03. The summed E-state index contributed by atoms with van der Waals surface area (Å²) in [5, 5.41) is 13.9. The molecule has 2 rings (SSSR count). The maximum Gasteiger partial charge on any atom is 0.338 e. The van der Waals surface area contributed by atoms with Gasteiger partial charge in [0.25, 0.3) is 5.69 Å². The number of non-ortho nitro benzene ring substituents is 1. The number of nitro benzene ring substituents is 1. The quantitative estimate of drug-likeness (QED) is 0.445. The Hall–Kier alpha value is -2.44. The average Bonchev–Trinajstić information content (AvgIpc) is 2.82. The van der Waals surface area contributed by atoms with Gasteiger partial charge in [-0.05, 0) is 12.1 Å². The van der Waals surface area contributed by atoms with Gasteiger partial charge in [-0.25, -0.2) is 4.79 Å². The Bertz CT molecular complexity index is 468. The van der Waals surface area contributed by atoms with E-state index >= 15 is 0 Å². The molecule has 1 heterocycles. The van der Waals surface area contributed by atoms with Crippen molar-refractivity contribution in [1.29, 1.82) is 0 Å². The zero-order chi connectivity index (χ0) is 12.3. The molecule has 7 nitrogen and oxygen atoms in total. The van der Waals surface area contributed by atoms with Crippen LogP contribution in [-0.2, 0) is 9.57 Å². The molecular formula is C10H8N2O5. The number of nitrogens with zero attached hydrogens (tertiary/aromatic N) is 2. The fourth-order valence-corrected chi connectivity index (χ4v) is 1.26. The molecule has 0 aromatic heterocycles. The van der Waals surface area contributed by atoms with Crippen molar-refractivity contribution in [2.75, 3.05) is 6.61 Å². The molecule has 0 saturated carbocycles. The van der Waals surface area contributed by atoms with Gasteiger partial charge in [0.05, 0.1) is 16.7 Å². The number of ether oxygens (including phenoxy) is 1. The molecule has 1 aromatic carbocycles. The summed E-state index contributed by atoms with van der Waals surface area (Å²) >= 11 is 0. The number of benzene rings is 1. The van der Waals surface area contributed by atoms with Crippen molar-refractivity contribution in [1.82, 2.24) is 0 Å². The number of nitro groups is 1. The highest BCUT2D eigenvalue weighted by Gasteiger charge is 2.19. The van der Waals surface area contributed by atoms with Gasteiger partial charge in [0, 0.05) is 12.1 Å². The highest BCUT2D eigenvalue weighted by molar-refractivity contribution is 5.90. The van der Waals surface area contributed by atoms with Crippen molar-refractivity contribution in [2.24, 2.45) is 5.16 Å². The van der Waals surface area contributed by atoms with Crippen LogP contribution in [0.15, 0.2) is 29.4 Å². The predicted molar refractivity (Wildman–Crippen MR) is 56.7 cm³/mol. The molecule has 0 fully saturated rings. The monoisotopic (exact) mass is 236 g/mol. The molecule has 0 bridgehead atoms. The van der Waals surface area contributed by atoms with E-state index in [0.29, 0.717) is 0 Å². The Morgan fingerprint density at radius 2 is 2.18 bits per heavy atom. The third-order valence-corrected chi connectivity index (χ3v) is 2.11. The smallest absolute Gasteiger partial charge is 0.338 e. The summed E-state index contributed by atoms with van der Waals surface area (Å²) in [6.45, 7) is 0.193. The van der Waals surface area contributed by atoms with Gasteiger partial charge in [0.15, 0.2) is 12.7 Å². The molecule has 17 heavy (non-hydrogen) atoms. The molecule has 0 radical (unpaired) electrons. The molecule has 0 amide bonds. The van der Waals surface area contributed by atoms with Crippen molar-refractivity contribution in [3.8, 4) is 0 Å². The van der Waals surface area contributed by atoms with E-state index in [-0.39, 0.29) is 17.9 Å². The number of oxime groups is 1. The Morgan fingerprint density at radius 3 is 2.71 bits per heavy atom. The second kappa shape index (κ2) is 4.60. The van der Waals surface area contributed by atoms with Crippen molar-refractivity contribution in [3.05, 3.63) is 39.9 Å². The molecule has 1 aliphatic rings. The molecule has 7 heteroatoms. The maximum atomic E-state index is 11.6. The van der Waals surface area contributed by atoms with Crippen molar-refractivity contribution >= 4 is 17.9 Å². The summed E-state index contributed by atoms with van der Waals surface area (Å²) in [5.74, 6) is -0.568. The fraction of sp³-hybridized carbons (Fsp3) is 0.200. The molecule has 0 spiro atoms. The van der Waals surface area contributed by atoms with E-state index in [1.165, 1.54) is 30.5 Å². The van der Waals surface area contributed by atoms with E-state index in [4.69, 9.17) is 4.74 Å². The lowest BCUT2D eigenvalue weighted by atomic mass is 10.2. The van der Waals surface area contributed by atoms with Gasteiger partial charge in [-0.2, -0.15) is 0 Å². The van der Waals surface area contributed by atoms with Crippen LogP contribution in [0.5, 0.6) is 0 Å². The van der Waals surface area contributed by atoms with Gasteiger partial charge in [0.2, 0.25) is 0 Å². The van der Waals surface area contributed by atoms with Gasteiger partial charge < -0.3 is 9.57 Å². The number of carbonyl (C=O) groups excluding carboxylic acids is 1. The minimum atomic E-state index is -0.568. The predicted octanol–water partition coefficient (Wildman–Crippen LogP) is 1.14. The Kier molecular flexibility index (Phi) is 2.99. The first-order valence-electron chi connectivity index (χ1n) is 4.78. The largest absolute Gasteiger partial charge is 0.449 e. The van der Waals surface area contributed by atoms with Crippen molar-refractivity contribution < 1.29 is 19.3 Å². The van der Waals surface area contributed by atoms with E-state index in [0.717, 1.165) is 0 Å². The first kappa shape index (κ1) is 11.1. The standard InChI is InChI=1S/C10H8N2O5/c13-10(17-9-5-11-16-6-9)7-1-3-8(4-2-7)12(14)15/h1-5,9H,6H2. The van der Waals surface area contributed by atoms with E-state index in [1.807, 2.05) is 0 Å². The van der Waals surface area contributed by atoms with Crippen LogP contribution in [0.25, 0.3) is 0 Å². The van der Waals surface area contributed by atoms with E-state index in [9.17, 15) is 14.9 Å². The topological polar surface area (TPSA) is 91.0 Å². The van der Waals surface area contributed by atoms with Crippen LogP contribution in [0.4, 0.5) is 5.69 Å². The summed E-state index contributed by atoms with van der Waals surface area (Å²) in [6, 6.07) is 5.17. The van der Waals surface area contributed by atoms with Crippen LogP contribution in [0.3, 0.4) is 0 Å². The molecule has 0 saturated heterocycles. The van der Waals surface area contributed by atoms with E-state index in [2.05, 4.69) is 9.99 Å². The number of hydrogen-bond donors (Lipinski definition) is 0. The summed E-state index contributed by atoms with van der Waals surface area (Å²) in [7, 11) is 0. The molecule has 0 aliphatic carbocycles. The summed E-state index contributed by atoms with van der Waals surface area (Å²) in [4.78, 5) is 26.1. The van der Waals surface area contributed by atoms with Gasteiger partial charge >= 0.3 is 5.97 Å². The maximum absolute atomic E-state index is 11.6. The number of hydrogen-bond acceptors (Lipinski definition) is 6. The number of esters is 1. The lowest BCUT2D eigenvalue weighted by molar-refractivity contribution is -0.384. The number of rotatable bonds is 3. The first-order valence-corrected chi connectivity index (χ1v) is 4.78. The van der Waals surface area contributed by atoms with E-state index in [1.54, 1.807) is 0 Å². The summed E-state index contributed by atoms with van der Waals surface area (Å²) < 4.78 is 5.01. The third-order valence-electron chi connectivity index (χ3n) is 2.11. The number of carbonyl (C=O) groups is 1. The molecule has 1 unspecified atom stereocenters.